The Labute approximate surface area is 97.3 Å². The number of aromatic hydroxyl groups is 1. The zero-order valence-electron chi connectivity index (χ0n) is 9.25. The highest BCUT2D eigenvalue weighted by Crippen LogP contribution is 2.15. The minimum atomic E-state index is -0.535. The summed E-state index contributed by atoms with van der Waals surface area (Å²) in [6, 6.07) is 4.50. The van der Waals surface area contributed by atoms with Crippen molar-refractivity contribution in [2.24, 2.45) is 0 Å². The van der Waals surface area contributed by atoms with Crippen molar-refractivity contribution in [3.63, 3.8) is 0 Å². The molecule has 0 atom stereocenters. The van der Waals surface area contributed by atoms with Gasteiger partial charge in [0.2, 0.25) is 0 Å². The predicted octanol–water partition coefficient (Wildman–Crippen LogP) is 0.0271. The molecule has 2 rings (SSSR count). The summed E-state index contributed by atoms with van der Waals surface area (Å²) >= 11 is 0. The summed E-state index contributed by atoms with van der Waals surface area (Å²) in [6.07, 6.45) is 0. The molecule has 17 heavy (non-hydrogen) atoms. The van der Waals surface area contributed by atoms with E-state index >= 15 is 0 Å². The van der Waals surface area contributed by atoms with Gasteiger partial charge in [-0.15, -0.1) is 0 Å². The van der Waals surface area contributed by atoms with Gasteiger partial charge < -0.3 is 20.4 Å². The summed E-state index contributed by atoms with van der Waals surface area (Å²) in [7, 11) is 1.62. The standard InChI is InChI=1S/C10H12N4O3/c1-17-5-4-11-7-2-3-8-9(6-7)14(16)13-10(15)12-8/h2-3,6,11H,4-5H2,1H3,(H,12,13,15). The number of fused-ring (bicyclic) bond motifs is 1. The van der Waals surface area contributed by atoms with Crippen LogP contribution < -0.4 is 10.2 Å². The van der Waals surface area contributed by atoms with Crippen LogP contribution in [0.15, 0.2) is 18.2 Å². The van der Waals surface area contributed by atoms with Crippen LogP contribution in [0.3, 0.4) is 0 Å². The lowest BCUT2D eigenvalue weighted by atomic mass is 10.2. The van der Waals surface area contributed by atoms with Gasteiger partial charge in [0.1, 0.15) is 5.52 Å². The van der Waals surface area contributed by atoms with E-state index in [-0.39, 0.29) is 0 Å². The van der Waals surface area contributed by atoms with Crippen molar-refractivity contribution in [2.45, 2.75) is 0 Å². The van der Waals surface area contributed by atoms with Crippen molar-refractivity contribution in [3.8, 4) is 6.01 Å². The number of hydrogen-bond acceptors (Lipinski definition) is 6. The summed E-state index contributed by atoms with van der Waals surface area (Å²) in [5, 5.41) is 26.9. The van der Waals surface area contributed by atoms with Gasteiger partial charge >= 0.3 is 6.01 Å². The fourth-order valence-electron chi connectivity index (χ4n) is 1.44. The van der Waals surface area contributed by atoms with E-state index in [1.165, 1.54) is 0 Å². The molecule has 0 saturated heterocycles. The molecule has 0 bridgehead atoms. The molecular weight excluding hydrogens is 224 g/mol. The summed E-state index contributed by atoms with van der Waals surface area (Å²) in [5.74, 6) is 0. The molecule has 0 amide bonds. The minimum Gasteiger partial charge on any atom is -0.594 e. The molecule has 0 aliphatic heterocycles. The quantitative estimate of drug-likeness (QED) is 0.442. The Morgan fingerprint density at radius 2 is 2.35 bits per heavy atom. The summed E-state index contributed by atoms with van der Waals surface area (Å²) in [4.78, 5) is 4.09. The molecule has 0 unspecified atom stereocenters. The second-order valence-corrected chi connectivity index (χ2v) is 3.41. The first kappa shape index (κ1) is 11.3. The van der Waals surface area contributed by atoms with Gasteiger partial charge in [0.05, 0.1) is 11.7 Å². The Morgan fingerprint density at radius 1 is 1.53 bits per heavy atom. The number of benzene rings is 1. The molecule has 1 aromatic carbocycles. The SMILES string of the molecule is COCCNc1ccc2nc(O)n[n+]([O-])c2c1. The van der Waals surface area contributed by atoms with Gasteiger partial charge in [-0.2, -0.15) is 4.98 Å². The van der Waals surface area contributed by atoms with E-state index in [1.54, 1.807) is 25.3 Å². The summed E-state index contributed by atoms with van der Waals surface area (Å²) in [5.41, 5.74) is 1.46. The summed E-state index contributed by atoms with van der Waals surface area (Å²) < 4.78 is 4.90. The Kier molecular flexibility index (Phi) is 3.20. The number of rotatable bonds is 4. The van der Waals surface area contributed by atoms with Crippen LogP contribution in [0.5, 0.6) is 6.01 Å². The van der Waals surface area contributed by atoms with Crippen LogP contribution >= 0.6 is 0 Å². The van der Waals surface area contributed by atoms with Crippen LogP contribution in [0, 0.1) is 5.21 Å². The van der Waals surface area contributed by atoms with Crippen molar-refractivity contribution in [1.82, 2.24) is 10.1 Å². The molecule has 0 radical (unpaired) electrons. The minimum absolute atomic E-state index is 0.296. The number of hydrogen-bond donors (Lipinski definition) is 2. The highest BCUT2D eigenvalue weighted by molar-refractivity contribution is 5.75. The van der Waals surface area contributed by atoms with Crippen molar-refractivity contribution in [2.75, 3.05) is 25.6 Å². The van der Waals surface area contributed by atoms with Crippen molar-refractivity contribution >= 4 is 16.7 Å². The largest absolute Gasteiger partial charge is 0.594 e. The van der Waals surface area contributed by atoms with Crippen LogP contribution in [0.25, 0.3) is 11.0 Å². The highest BCUT2D eigenvalue weighted by atomic mass is 16.5. The van der Waals surface area contributed by atoms with Crippen LogP contribution in [-0.4, -0.2) is 35.5 Å². The molecule has 2 N–H and O–H groups in total. The number of ether oxygens (including phenoxy) is 1. The molecule has 7 heteroatoms. The summed E-state index contributed by atoms with van der Waals surface area (Å²) in [6.45, 7) is 1.21. The van der Waals surface area contributed by atoms with Gasteiger partial charge in [-0.05, 0) is 17.0 Å². The molecule has 90 valence electrons. The first-order valence-corrected chi connectivity index (χ1v) is 5.04. The lowest BCUT2D eigenvalue weighted by Gasteiger charge is -2.05. The third-order valence-corrected chi connectivity index (χ3v) is 2.22. The number of nitrogens with one attached hydrogen (secondary N) is 1. The van der Waals surface area contributed by atoms with E-state index in [0.717, 1.165) is 5.69 Å². The lowest BCUT2D eigenvalue weighted by molar-refractivity contribution is -0.643. The monoisotopic (exact) mass is 236 g/mol. The average molecular weight is 236 g/mol. The number of nitrogens with zero attached hydrogens (tertiary/aromatic N) is 3. The van der Waals surface area contributed by atoms with E-state index in [1.807, 2.05) is 0 Å². The van der Waals surface area contributed by atoms with Crippen molar-refractivity contribution in [3.05, 3.63) is 23.4 Å². The highest BCUT2D eigenvalue weighted by Gasteiger charge is 2.10. The molecule has 0 spiro atoms. The van der Waals surface area contributed by atoms with Crippen LogP contribution in [0.4, 0.5) is 5.69 Å². The van der Waals surface area contributed by atoms with Crippen LogP contribution in [-0.2, 0) is 4.74 Å². The Morgan fingerprint density at radius 3 is 3.12 bits per heavy atom. The normalized spacial score (nSPS) is 10.6. The first-order valence-electron chi connectivity index (χ1n) is 5.04. The lowest BCUT2D eigenvalue weighted by Crippen LogP contribution is -2.32. The molecule has 1 heterocycles. The predicted molar refractivity (Wildman–Crippen MR) is 60.5 cm³/mol. The molecule has 0 fully saturated rings. The second-order valence-electron chi connectivity index (χ2n) is 3.41. The van der Waals surface area contributed by atoms with Gasteiger partial charge in [-0.1, -0.05) is 0 Å². The van der Waals surface area contributed by atoms with E-state index in [9.17, 15) is 5.21 Å². The molecule has 0 saturated carbocycles. The van der Waals surface area contributed by atoms with Crippen molar-refractivity contribution in [1.29, 1.82) is 0 Å². The number of anilines is 1. The maximum atomic E-state index is 11.4. The second kappa shape index (κ2) is 4.79. The molecule has 2 aromatic rings. The first-order chi connectivity index (χ1) is 8.20. The maximum absolute atomic E-state index is 11.4. The van der Waals surface area contributed by atoms with E-state index < -0.39 is 6.01 Å². The molecule has 7 nitrogen and oxygen atoms in total. The fourth-order valence-corrected chi connectivity index (χ4v) is 1.44. The Hall–Kier alpha value is -2.15. The van der Waals surface area contributed by atoms with Crippen LogP contribution in [0.1, 0.15) is 0 Å². The number of aromatic nitrogens is 3. The molecule has 0 aliphatic rings. The third-order valence-electron chi connectivity index (χ3n) is 2.22. The zero-order chi connectivity index (χ0) is 12.3. The van der Waals surface area contributed by atoms with Gasteiger partial charge in [0.25, 0.3) is 5.52 Å². The zero-order valence-corrected chi connectivity index (χ0v) is 9.25. The van der Waals surface area contributed by atoms with Gasteiger partial charge in [0, 0.05) is 25.4 Å². The fraction of sp³-hybridized carbons (Fsp3) is 0.300. The van der Waals surface area contributed by atoms with E-state index in [4.69, 9.17) is 9.84 Å². The molecule has 1 aromatic heterocycles. The van der Waals surface area contributed by atoms with E-state index in [2.05, 4.69) is 15.4 Å². The number of methoxy groups -OCH3 is 1. The maximum Gasteiger partial charge on any atom is 0.378 e. The molecular formula is C10H12N4O3. The van der Waals surface area contributed by atoms with Gasteiger partial charge in [0.15, 0.2) is 0 Å². The van der Waals surface area contributed by atoms with Gasteiger partial charge in [-0.25, -0.2) is 0 Å². The third kappa shape index (κ3) is 2.51. The van der Waals surface area contributed by atoms with Crippen molar-refractivity contribution < 1.29 is 14.7 Å². The van der Waals surface area contributed by atoms with Gasteiger partial charge in [-0.3, -0.25) is 0 Å². The Balaban J connectivity index is 2.30. The van der Waals surface area contributed by atoms with Crippen LogP contribution in [0.2, 0.25) is 0 Å². The van der Waals surface area contributed by atoms with E-state index in [0.29, 0.717) is 29.0 Å². The smallest absolute Gasteiger partial charge is 0.378 e. The Bertz CT molecular complexity index is 532. The topological polar surface area (TPSA) is 94.2 Å². The molecule has 0 aliphatic carbocycles. The average Bonchev–Trinajstić information content (AvgIpc) is 2.30.